The lowest BCUT2D eigenvalue weighted by Gasteiger charge is -2.27. The number of benzene rings is 1. The van der Waals surface area contributed by atoms with E-state index < -0.39 is 17.1 Å². The summed E-state index contributed by atoms with van der Waals surface area (Å²) in [6.07, 6.45) is 2.59. The third-order valence-electron chi connectivity index (χ3n) is 3.64. The average Bonchev–Trinajstić information content (AvgIpc) is 2.32. The predicted octanol–water partition coefficient (Wildman–Crippen LogP) is 2.72. The molecule has 6 heteroatoms. The van der Waals surface area contributed by atoms with Gasteiger partial charge in [0.05, 0.1) is 5.56 Å². The Morgan fingerprint density at radius 2 is 2.05 bits per heavy atom. The number of aromatic nitrogens is 2. The highest BCUT2D eigenvalue weighted by Gasteiger charge is 2.25. The van der Waals surface area contributed by atoms with Crippen LogP contribution < -0.4 is 11.2 Å². The van der Waals surface area contributed by atoms with Gasteiger partial charge in [0.1, 0.15) is 11.0 Å². The Morgan fingerprint density at radius 3 is 2.65 bits per heavy atom. The fraction of sp³-hybridized carbons (Fsp3) is 0.286. The largest absolute Gasteiger partial charge is 0.329 e. The molecule has 0 saturated heterocycles. The number of nitrogens with zero attached hydrogens (tertiary/aromatic N) is 1. The Labute approximate surface area is 118 Å². The van der Waals surface area contributed by atoms with Crippen LogP contribution in [0.5, 0.6) is 0 Å². The van der Waals surface area contributed by atoms with Crippen molar-refractivity contribution >= 4 is 11.6 Å². The van der Waals surface area contributed by atoms with Crippen LogP contribution in [0.25, 0.3) is 11.1 Å². The normalized spacial score (nSPS) is 15.1. The van der Waals surface area contributed by atoms with Gasteiger partial charge in [-0.15, -0.1) is 0 Å². The van der Waals surface area contributed by atoms with Gasteiger partial charge in [-0.3, -0.25) is 14.3 Å². The lowest BCUT2D eigenvalue weighted by molar-refractivity contribution is 0.297. The van der Waals surface area contributed by atoms with Gasteiger partial charge in [0.15, 0.2) is 0 Å². The zero-order chi connectivity index (χ0) is 14.3. The van der Waals surface area contributed by atoms with Gasteiger partial charge < -0.3 is 0 Å². The number of H-pyrrole nitrogens is 1. The third kappa shape index (κ3) is 2.08. The summed E-state index contributed by atoms with van der Waals surface area (Å²) in [5.41, 5.74) is -0.471. The van der Waals surface area contributed by atoms with Crippen LogP contribution in [0.4, 0.5) is 4.39 Å². The maximum atomic E-state index is 13.3. The summed E-state index contributed by atoms with van der Waals surface area (Å²) >= 11 is 5.97. The van der Waals surface area contributed by atoms with Gasteiger partial charge in [-0.05, 0) is 37.0 Å². The Morgan fingerprint density at radius 1 is 1.30 bits per heavy atom. The van der Waals surface area contributed by atoms with Crippen molar-refractivity contribution in [3.8, 4) is 11.1 Å². The lowest BCUT2D eigenvalue weighted by Crippen LogP contribution is -2.41. The smallest absolute Gasteiger partial charge is 0.297 e. The maximum Gasteiger partial charge on any atom is 0.329 e. The first-order valence-electron chi connectivity index (χ1n) is 6.38. The van der Waals surface area contributed by atoms with Gasteiger partial charge in [0.25, 0.3) is 5.56 Å². The van der Waals surface area contributed by atoms with E-state index in [1.165, 1.54) is 22.8 Å². The third-order valence-corrected chi connectivity index (χ3v) is 3.92. The molecule has 1 fully saturated rings. The highest BCUT2D eigenvalue weighted by Crippen LogP contribution is 2.30. The van der Waals surface area contributed by atoms with Gasteiger partial charge in [0, 0.05) is 6.04 Å². The summed E-state index contributed by atoms with van der Waals surface area (Å²) in [5, 5.41) is -0.0545. The molecule has 0 atom stereocenters. The summed E-state index contributed by atoms with van der Waals surface area (Å²) < 4.78 is 14.5. The molecule has 0 unspecified atom stereocenters. The fourth-order valence-electron chi connectivity index (χ4n) is 2.39. The van der Waals surface area contributed by atoms with E-state index in [0.717, 1.165) is 19.3 Å². The van der Waals surface area contributed by atoms with Crippen molar-refractivity contribution in [1.29, 1.82) is 0 Å². The Bertz CT molecular complexity index is 777. The van der Waals surface area contributed by atoms with E-state index >= 15 is 0 Å². The zero-order valence-electron chi connectivity index (χ0n) is 10.5. The number of aromatic amines is 1. The molecule has 1 aromatic heterocycles. The van der Waals surface area contributed by atoms with Crippen LogP contribution >= 0.6 is 11.6 Å². The molecular formula is C14H12ClFN2O2. The summed E-state index contributed by atoms with van der Waals surface area (Å²) in [6, 6.07) is 5.52. The van der Waals surface area contributed by atoms with Crippen LogP contribution in [0, 0.1) is 5.82 Å². The first-order chi connectivity index (χ1) is 9.58. The van der Waals surface area contributed by atoms with E-state index in [1.807, 2.05) is 0 Å². The van der Waals surface area contributed by atoms with Crippen molar-refractivity contribution in [2.24, 2.45) is 0 Å². The highest BCUT2D eigenvalue weighted by molar-refractivity contribution is 6.32. The van der Waals surface area contributed by atoms with E-state index in [9.17, 15) is 14.0 Å². The molecule has 0 spiro atoms. The molecule has 1 saturated carbocycles. The number of halogens is 2. The SMILES string of the molecule is O=c1[nH]c(Cl)c(-c2cccc(F)c2)c(=O)n1C1CCC1. The molecule has 1 aliphatic rings. The summed E-state index contributed by atoms with van der Waals surface area (Å²) in [6.45, 7) is 0. The minimum atomic E-state index is -0.509. The molecule has 3 rings (SSSR count). The molecule has 4 nitrogen and oxygen atoms in total. The number of nitrogens with one attached hydrogen (secondary N) is 1. The molecule has 1 aromatic carbocycles. The van der Waals surface area contributed by atoms with Crippen LogP contribution in [-0.2, 0) is 0 Å². The quantitative estimate of drug-likeness (QED) is 0.866. The van der Waals surface area contributed by atoms with Crippen molar-refractivity contribution in [3.05, 3.63) is 56.1 Å². The van der Waals surface area contributed by atoms with Gasteiger partial charge >= 0.3 is 5.69 Å². The molecule has 0 amide bonds. The fourth-order valence-corrected chi connectivity index (χ4v) is 2.66. The second-order valence-electron chi connectivity index (χ2n) is 4.89. The molecule has 0 radical (unpaired) electrons. The van der Waals surface area contributed by atoms with Gasteiger partial charge in [-0.2, -0.15) is 0 Å². The predicted molar refractivity (Wildman–Crippen MR) is 74.6 cm³/mol. The van der Waals surface area contributed by atoms with Crippen molar-refractivity contribution in [2.45, 2.75) is 25.3 Å². The van der Waals surface area contributed by atoms with Crippen LogP contribution in [0.3, 0.4) is 0 Å². The van der Waals surface area contributed by atoms with Gasteiger partial charge in [0.2, 0.25) is 0 Å². The average molecular weight is 295 g/mol. The standard InChI is InChI=1S/C14H12ClFN2O2/c15-12-11(8-3-1-4-9(16)7-8)13(19)18(14(20)17-12)10-5-2-6-10/h1,3-4,7,10H,2,5-6H2,(H,17,20). The van der Waals surface area contributed by atoms with Gasteiger partial charge in [-0.25, -0.2) is 9.18 Å². The molecule has 0 bridgehead atoms. The van der Waals surface area contributed by atoms with Crippen molar-refractivity contribution in [3.63, 3.8) is 0 Å². The first-order valence-corrected chi connectivity index (χ1v) is 6.76. The molecule has 104 valence electrons. The van der Waals surface area contributed by atoms with Crippen LogP contribution in [0.1, 0.15) is 25.3 Å². The minimum Gasteiger partial charge on any atom is -0.297 e. The van der Waals surface area contributed by atoms with Crippen LogP contribution in [-0.4, -0.2) is 9.55 Å². The molecule has 2 aromatic rings. The molecule has 1 N–H and O–H groups in total. The number of rotatable bonds is 2. The topological polar surface area (TPSA) is 54.9 Å². The first kappa shape index (κ1) is 13.1. The molecular weight excluding hydrogens is 283 g/mol. The lowest BCUT2D eigenvalue weighted by atomic mass is 9.92. The molecule has 1 aliphatic carbocycles. The molecule has 1 heterocycles. The van der Waals surface area contributed by atoms with E-state index in [4.69, 9.17) is 11.6 Å². The molecule has 20 heavy (non-hydrogen) atoms. The minimum absolute atomic E-state index is 0.0545. The summed E-state index contributed by atoms with van der Waals surface area (Å²) in [5.74, 6) is -0.459. The maximum absolute atomic E-state index is 13.3. The van der Waals surface area contributed by atoms with E-state index in [-0.39, 0.29) is 16.8 Å². The highest BCUT2D eigenvalue weighted by atomic mass is 35.5. The summed E-state index contributed by atoms with van der Waals surface area (Å²) in [4.78, 5) is 26.9. The summed E-state index contributed by atoms with van der Waals surface area (Å²) in [7, 11) is 0. The van der Waals surface area contributed by atoms with Gasteiger partial charge in [-0.1, -0.05) is 23.7 Å². The van der Waals surface area contributed by atoms with Crippen LogP contribution in [0.15, 0.2) is 33.9 Å². The van der Waals surface area contributed by atoms with E-state index in [0.29, 0.717) is 5.56 Å². The monoisotopic (exact) mass is 294 g/mol. The zero-order valence-corrected chi connectivity index (χ0v) is 11.3. The Hall–Kier alpha value is -1.88. The van der Waals surface area contributed by atoms with Crippen molar-refractivity contribution in [1.82, 2.24) is 9.55 Å². The van der Waals surface area contributed by atoms with Crippen molar-refractivity contribution in [2.75, 3.05) is 0 Å². The number of hydrogen-bond acceptors (Lipinski definition) is 2. The van der Waals surface area contributed by atoms with E-state index in [1.54, 1.807) is 6.07 Å². The van der Waals surface area contributed by atoms with Crippen molar-refractivity contribution < 1.29 is 4.39 Å². The molecule has 0 aliphatic heterocycles. The second kappa shape index (κ2) is 4.90. The van der Waals surface area contributed by atoms with Crippen LogP contribution in [0.2, 0.25) is 5.15 Å². The second-order valence-corrected chi connectivity index (χ2v) is 5.27. The van der Waals surface area contributed by atoms with E-state index in [2.05, 4.69) is 4.98 Å². The Kier molecular flexibility index (Phi) is 3.22. The Balaban J connectivity index is 2.25. The number of hydrogen-bond donors (Lipinski definition) is 1.